The lowest BCUT2D eigenvalue weighted by Gasteiger charge is -2.42. The first-order valence-corrected chi connectivity index (χ1v) is 9.37. The van der Waals surface area contributed by atoms with Crippen LogP contribution in [-0.2, 0) is 4.79 Å². The molecule has 2 heterocycles. The van der Waals surface area contributed by atoms with Crippen LogP contribution in [0.25, 0.3) is 0 Å². The van der Waals surface area contributed by atoms with Gasteiger partial charge in [-0.25, -0.2) is 0 Å². The number of likely N-dealkylation sites (tertiary alicyclic amines) is 2. The number of hydrogen-bond acceptors (Lipinski definition) is 4. The predicted octanol–water partition coefficient (Wildman–Crippen LogP) is 1.78. The Morgan fingerprint density at radius 2 is 1.85 bits per heavy atom. The molecule has 1 atom stereocenters. The number of piperidine rings is 1. The summed E-state index contributed by atoms with van der Waals surface area (Å²) in [7, 11) is 0. The van der Waals surface area contributed by atoms with E-state index >= 15 is 0 Å². The number of rotatable bonds is 4. The van der Waals surface area contributed by atoms with Crippen molar-refractivity contribution in [1.82, 2.24) is 9.80 Å². The van der Waals surface area contributed by atoms with Crippen molar-refractivity contribution >= 4 is 11.8 Å². The summed E-state index contributed by atoms with van der Waals surface area (Å²) in [6.07, 6.45) is 1.65. The van der Waals surface area contributed by atoms with Gasteiger partial charge in [-0.3, -0.25) is 9.59 Å². The number of hydrogen-bond donors (Lipinski definition) is 1. The Hall–Kier alpha value is -2.08. The molecule has 6 heteroatoms. The maximum absolute atomic E-state index is 12.8. The zero-order valence-electron chi connectivity index (χ0n) is 15.6. The molecular formula is C20H28N2O4. The highest BCUT2D eigenvalue weighted by atomic mass is 16.5. The molecule has 0 aliphatic carbocycles. The second kappa shape index (κ2) is 7.66. The summed E-state index contributed by atoms with van der Waals surface area (Å²) in [6.45, 7) is 6.85. The van der Waals surface area contributed by atoms with E-state index < -0.39 is 0 Å². The zero-order valence-corrected chi connectivity index (χ0v) is 15.6. The number of carbonyl (C=O) groups excluding carboxylic acids is 2. The third-order valence-electron chi connectivity index (χ3n) is 5.94. The molecule has 2 aliphatic rings. The standard InChI is InChI=1S/C20H28N2O4/c1-3-26-18-6-4-16(5-7-18)19(25)21-10-8-20(9-11-21)14-22(15(2)24)12-17(20)13-23/h4-7,17,23H,3,8-14H2,1-2H3. The van der Waals surface area contributed by atoms with Gasteiger partial charge in [0.25, 0.3) is 5.91 Å². The van der Waals surface area contributed by atoms with Crippen LogP contribution in [0.1, 0.15) is 37.0 Å². The maximum Gasteiger partial charge on any atom is 0.253 e. The average Bonchev–Trinajstić information content (AvgIpc) is 3.01. The molecule has 26 heavy (non-hydrogen) atoms. The Labute approximate surface area is 154 Å². The number of amides is 2. The molecular weight excluding hydrogens is 332 g/mol. The van der Waals surface area contributed by atoms with Gasteiger partial charge in [-0.15, -0.1) is 0 Å². The fourth-order valence-corrected chi connectivity index (χ4v) is 4.29. The molecule has 6 nitrogen and oxygen atoms in total. The quantitative estimate of drug-likeness (QED) is 0.889. The van der Waals surface area contributed by atoms with Crippen molar-refractivity contribution in [3.63, 3.8) is 0 Å². The molecule has 1 unspecified atom stereocenters. The van der Waals surface area contributed by atoms with E-state index in [1.807, 2.05) is 28.9 Å². The van der Waals surface area contributed by atoms with E-state index in [1.165, 1.54) is 0 Å². The first-order chi connectivity index (χ1) is 12.5. The van der Waals surface area contributed by atoms with Gasteiger partial charge in [0, 0.05) is 51.2 Å². The van der Waals surface area contributed by atoms with E-state index in [9.17, 15) is 14.7 Å². The van der Waals surface area contributed by atoms with E-state index in [1.54, 1.807) is 19.1 Å². The summed E-state index contributed by atoms with van der Waals surface area (Å²) >= 11 is 0. The van der Waals surface area contributed by atoms with Crippen molar-refractivity contribution in [2.75, 3.05) is 39.4 Å². The average molecular weight is 360 g/mol. The van der Waals surface area contributed by atoms with Crippen molar-refractivity contribution in [3.05, 3.63) is 29.8 Å². The van der Waals surface area contributed by atoms with Crippen LogP contribution in [0.15, 0.2) is 24.3 Å². The highest BCUT2D eigenvalue weighted by Crippen LogP contribution is 2.44. The smallest absolute Gasteiger partial charge is 0.253 e. The first kappa shape index (κ1) is 18.7. The van der Waals surface area contributed by atoms with Crippen molar-refractivity contribution in [1.29, 1.82) is 0 Å². The second-order valence-electron chi connectivity index (χ2n) is 7.39. The van der Waals surface area contributed by atoms with Crippen LogP contribution >= 0.6 is 0 Å². The molecule has 142 valence electrons. The third-order valence-corrected chi connectivity index (χ3v) is 5.94. The highest BCUT2D eigenvalue weighted by Gasteiger charge is 2.48. The van der Waals surface area contributed by atoms with Gasteiger partial charge in [-0.1, -0.05) is 0 Å². The maximum atomic E-state index is 12.8. The lowest BCUT2D eigenvalue weighted by Crippen LogP contribution is -2.47. The van der Waals surface area contributed by atoms with Gasteiger partial charge in [-0.2, -0.15) is 0 Å². The van der Waals surface area contributed by atoms with Gasteiger partial charge in [0.05, 0.1) is 6.61 Å². The monoisotopic (exact) mass is 360 g/mol. The molecule has 2 amide bonds. The first-order valence-electron chi connectivity index (χ1n) is 9.37. The molecule has 0 radical (unpaired) electrons. The summed E-state index contributed by atoms with van der Waals surface area (Å²) in [6, 6.07) is 7.26. The molecule has 0 bridgehead atoms. The van der Waals surface area contributed by atoms with E-state index in [4.69, 9.17) is 4.74 Å². The molecule has 2 saturated heterocycles. The number of aliphatic hydroxyl groups is 1. The van der Waals surface area contributed by atoms with Crippen LogP contribution in [0, 0.1) is 11.3 Å². The summed E-state index contributed by atoms with van der Waals surface area (Å²) in [5, 5.41) is 9.78. The van der Waals surface area contributed by atoms with Crippen molar-refractivity contribution < 1.29 is 19.4 Å². The molecule has 1 spiro atoms. The Morgan fingerprint density at radius 1 is 1.19 bits per heavy atom. The number of ether oxygens (including phenoxy) is 1. The highest BCUT2D eigenvalue weighted by molar-refractivity contribution is 5.94. The topological polar surface area (TPSA) is 70.1 Å². The van der Waals surface area contributed by atoms with Crippen LogP contribution in [0.2, 0.25) is 0 Å². The van der Waals surface area contributed by atoms with Crippen LogP contribution in [-0.4, -0.2) is 66.1 Å². The molecule has 2 aliphatic heterocycles. The van der Waals surface area contributed by atoms with E-state index in [-0.39, 0.29) is 29.8 Å². The minimum Gasteiger partial charge on any atom is -0.494 e. The van der Waals surface area contributed by atoms with Gasteiger partial charge >= 0.3 is 0 Å². The Kier molecular flexibility index (Phi) is 5.51. The van der Waals surface area contributed by atoms with E-state index in [0.29, 0.717) is 38.3 Å². The van der Waals surface area contributed by atoms with Gasteiger partial charge in [-0.05, 0) is 49.4 Å². The van der Waals surface area contributed by atoms with Gasteiger partial charge < -0.3 is 19.6 Å². The summed E-state index contributed by atoms with van der Waals surface area (Å²) in [4.78, 5) is 28.2. The lowest BCUT2D eigenvalue weighted by atomic mass is 9.71. The Bertz CT molecular complexity index is 650. The summed E-state index contributed by atoms with van der Waals surface area (Å²) in [5.74, 6) is 0.968. The Morgan fingerprint density at radius 3 is 2.38 bits per heavy atom. The molecule has 1 N–H and O–H groups in total. The normalized spacial score (nSPS) is 21.9. The predicted molar refractivity (Wildman–Crippen MR) is 98.0 cm³/mol. The number of benzene rings is 1. The summed E-state index contributed by atoms with van der Waals surface area (Å²) in [5.41, 5.74) is 0.607. The van der Waals surface area contributed by atoms with Crippen LogP contribution in [0.5, 0.6) is 5.75 Å². The number of aliphatic hydroxyl groups excluding tert-OH is 1. The largest absolute Gasteiger partial charge is 0.494 e. The van der Waals surface area contributed by atoms with Crippen LogP contribution in [0.4, 0.5) is 0 Å². The number of nitrogens with zero attached hydrogens (tertiary/aromatic N) is 2. The van der Waals surface area contributed by atoms with Crippen molar-refractivity contribution in [2.45, 2.75) is 26.7 Å². The molecule has 3 rings (SSSR count). The van der Waals surface area contributed by atoms with Crippen LogP contribution in [0.3, 0.4) is 0 Å². The molecule has 0 saturated carbocycles. The van der Waals surface area contributed by atoms with Gasteiger partial charge in [0.15, 0.2) is 0 Å². The second-order valence-corrected chi connectivity index (χ2v) is 7.39. The zero-order chi connectivity index (χ0) is 18.7. The van der Waals surface area contributed by atoms with Gasteiger partial charge in [0.1, 0.15) is 5.75 Å². The van der Waals surface area contributed by atoms with Crippen molar-refractivity contribution in [3.8, 4) is 5.75 Å². The fraction of sp³-hybridized carbons (Fsp3) is 0.600. The minimum atomic E-state index is -0.0595. The third kappa shape index (κ3) is 3.56. The molecule has 0 aromatic heterocycles. The Balaban J connectivity index is 1.64. The summed E-state index contributed by atoms with van der Waals surface area (Å²) < 4.78 is 5.42. The molecule has 1 aromatic rings. The number of carbonyl (C=O) groups is 2. The molecule has 1 aromatic carbocycles. The molecule has 2 fully saturated rings. The van der Waals surface area contributed by atoms with E-state index in [0.717, 1.165) is 18.6 Å². The van der Waals surface area contributed by atoms with E-state index in [2.05, 4.69) is 0 Å². The lowest BCUT2D eigenvalue weighted by molar-refractivity contribution is -0.128. The minimum absolute atomic E-state index is 0.0323. The van der Waals surface area contributed by atoms with Crippen molar-refractivity contribution in [2.24, 2.45) is 11.3 Å². The van der Waals surface area contributed by atoms with Gasteiger partial charge in [0.2, 0.25) is 5.91 Å². The van der Waals surface area contributed by atoms with Crippen LogP contribution < -0.4 is 4.74 Å². The SMILES string of the molecule is CCOc1ccc(C(=O)N2CCC3(CC2)CN(C(C)=O)CC3CO)cc1. The fourth-order valence-electron chi connectivity index (χ4n) is 4.29.